The number of carbonyl (C=O) groups excluding carboxylic acids is 1. The number of benzene rings is 3. The molecule has 4 nitrogen and oxygen atoms in total. The molecule has 0 saturated carbocycles. The van der Waals surface area contributed by atoms with Crippen LogP contribution in [0.5, 0.6) is 11.5 Å². The third kappa shape index (κ3) is 17.8. The Morgan fingerprint density at radius 1 is 0.510 bits per heavy atom. The van der Waals surface area contributed by atoms with Crippen LogP contribution in [-0.2, 0) is 4.74 Å². The number of esters is 1. The Balaban J connectivity index is 1.35. The van der Waals surface area contributed by atoms with Gasteiger partial charge in [0.1, 0.15) is 11.5 Å². The molecular formula is C47H70O4. The van der Waals surface area contributed by atoms with Crippen molar-refractivity contribution < 1.29 is 19.0 Å². The van der Waals surface area contributed by atoms with Crippen LogP contribution in [0, 0.1) is 0 Å². The van der Waals surface area contributed by atoms with Crippen LogP contribution in [0.4, 0.5) is 0 Å². The van der Waals surface area contributed by atoms with Crippen molar-refractivity contribution in [3.8, 4) is 22.6 Å². The number of hydrogen-bond donors (Lipinski definition) is 0. The van der Waals surface area contributed by atoms with Crippen molar-refractivity contribution in [2.75, 3.05) is 6.61 Å². The minimum Gasteiger partial charge on any atom is -0.490 e. The Morgan fingerprint density at radius 2 is 0.980 bits per heavy atom. The van der Waals surface area contributed by atoms with Gasteiger partial charge in [-0.15, -0.1) is 0 Å². The van der Waals surface area contributed by atoms with Crippen molar-refractivity contribution in [2.45, 2.75) is 175 Å². The van der Waals surface area contributed by atoms with Crippen LogP contribution in [0.1, 0.15) is 185 Å². The summed E-state index contributed by atoms with van der Waals surface area (Å²) in [7, 11) is 0. The van der Waals surface area contributed by atoms with E-state index >= 15 is 0 Å². The van der Waals surface area contributed by atoms with E-state index in [-0.39, 0.29) is 18.2 Å². The molecule has 0 N–H and O–H groups in total. The molecule has 0 spiro atoms. The van der Waals surface area contributed by atoms with Crippen molar-refractivity contribution in [3.63, 3.8) is 0 Å². The highest BCUT2D eigenvalue weighted by Crippen LogP contribution is 2.26. The smallest absolute Gasteiger partial charge is 0.343 e. The van der Waals surface area contributed by atoms with Gasteiger partial charge in [0.15, 0.2) is 0 Å². The predicted octanol–water partition coefficient (Wildman–Crippen LogP) is 14.6. The highest BCUT2D eigenvalue weighted by Gasteiger charge is 2.13. The maximum absolute atomic E-state index is 12.9. The van der Waals surface area contributed by atoms with Crippen LogP contribution < -0.4 is 9.47 Å². The molecule has 0 aliphatic rings. The van der Waals surface area contributed by atoms with E-state index in [0.29, 0.717) is 11.3 Å². The Kier molecular flexibility index (Phi) is 22.1. The van der Waals surface area contributed by atoms with Crippen LogP contribution in [0.25, 0.3) is 11.1 Å². The maximum atomic E-state index is 12.9. The Morgan fingerprint density at radius 3 is 1.51 bits per heavy atom. The Hall–Kier alpha value is -3.11. The third-order valence-electron chi connectivity index (χ3n) is 10.0. The van der Waals surface area contributed by atoms with Gasteiger partial charge in [0.05, 0.1) is 17.8 Å². The Labute approximate surface area is 312 Å². The molecule has 3 aromatic carbocycles. The fourth-order valence-corrected chi connectivity index (χ4v) is 6.73. The molecule has 2 atom stereocenters. The second-order valence-corrected chi connectivity index (χ2v) is 14.5. The van der Waals surface area contributed by atoms with Gasteiger partial charge in [0.2, 0.25) is 0 Å². The van der Waals surface area contributed by atoms with Crippen molar-refractivity contribution >= 4 is 5.97 Å². The summed E-state index contributed by atoms with van der Waals surface area (Å²) in [5, 5.41) is 0. The fraction of sp³-hybridized carbons (Fsp3) is 0.596. The second kappa shape index (κ2) is 26.6. The van der Waals surface area contributed by atoms with Gasteiger partial charge in [-0.3, -0.25) is 0 Å². The molecule has 2 unspecified atom stereocenters. The SMILES string of the molecule is CCCCCCCCCCCCCCOC(C)c1ccc(-c2ccc(C(=O)Oc3ccc(OC(CCC)CCCCCCCC)cc3)cc2)cc1. The van der Waals surface area contributed by atoms with Crippen LogP contribution in [-0.4, -0.2) is 18.7 Å². The molecule has 0 fully saturated rings. The molecule has 0 radical (unpaired) electrons. The van der Waals surface area contributed by atoms with E-state index in [0.717, 1.165) is 49.2 Å². The van der Waals surface area contributed by atoms with Gasteiger partial charge >= 0.3 is 5.97 Å². The fourth-order valence-electron chi connectivity index (χ4n) is 6.73. The van der Waals surface area contributed by atoms with Gasteiger partial charge in [-0.1, -0.05) is 166 Å². The summed E-state index contributed by atoms with van der Waals surface area (Å²) in [6.45, 7) is 9.70. The summed E-state index contributed by atoms with van der Waals surface area (Å²) in [4.78, 5) is 12.9. The third-order valence-corrected chi connectivity index (χ3v) is 10.0. The average Bonchev–Trinajstić information content (AvgIpc) is 3.15. The van der Waals surface area contributed by atoms with Gasteiger partial charge in [0, 0.05) is 6.61 Å². The van der Waals surface area contributed by atoms with Gasteiger partial charge in [0.25, 0.3) is 0 Å². The van der Waals surface area contributed by atoms with Crippen LogP contribution in [0.3, 0.4) is 0 Å². The largest absolute Gasteiger partial charge is 0.490 e. The molecule has 51 heavy (non-hydrogen) atoms. The lowest BCUT2D eigenvalue weighted by molar-refractivity contribution is 0.0627. The number of hydrogen-bond acceptors (Lipinski definition) is 4. The molecule has 3 aromatic rings. The number of carbonyl (C=O) groups is 1. The van der Waals surface area contributed by atoms with E-state index in [1.54, 1.807) is 0 Å². The highest BCUT2D eigenvalue weighted by molar-refractivity contribution is 5.91. The quantitative estimate of drug-likeness (QED) is 0.0411. The first-order chi connectivity index (χ1) is 25.0. The minimum atomic E-state index is -0.364. The number of rotatable bonds is 29. The summed E-state index contributed by atoms with van der Waals surface area (Å²) < 4.78 is 18.2. The summed E-state index contributed by atoms with van der Waals surface area (Å²) in [5.74, 6) is 0.983. The van der Waals surface area contributed by atoms with E-state index in [9.17, 15) is 4.79 Å². The van der Waals surface area contributed by atoms with Crippen molar-refractivity contribution in [2.24, 2.45) is 0 Å². The number of unbranched alkanes of at least 4 members (excludes halogenated alkanes) is 16. The summed E-state index contributed by atoms with van der Waals surface area (Å²) in [5.41, 5.74) is 3.89. The second-order valence-electron chi connectivity index (χ2n) is 14.5. The average molecular weight is 699 g/mol. The molecular weight excluding hydrogens is 629 g/mol. The summed E-state index contributed by atoms with van der Waals surface area (Å²) >= 11 is 0. The first kappa shape index (κ1) is 42.3. The van der Waals surface area contributed by atoms with E-state index in [4.69, 9.17) is 14.2 Å². The molecule has 3 rings (SSSR count). The maximum Gasteiger partial charge on any atom is 0.343 e. The van der Waals surface area contributed by atoms with Crippen LogP contribution in [0.2, 0.25) is 0 Å². The lowest BCUT2D eigenvalue weighted by Crippen LogP contribution is -2.16. The highest BCUT2D eigenvalue weighted by atomic mass is 16.5. The van der Waals surface area contributed by atoms with Gasteiger partial charge in [-0.25, -0.2) is 4.79 Å². The van der Waals surface area contributed by atoms with Gasteiger partial charge in [-0.2, -0.15) is 0 Å². The summed E-state index contributed by atoms with van der Waals surface area (Å²) in [6.07, 6.45) is 27.6. The first-order valence-corrected chi connectivity index (χ1v) is 20.8. The zero-order valence-electron chi connectivity index (χ0n) is 32.8. The van der Waals surface area contributed by atoms with E-state index < -0.39 is 0 Å². The molecule has 0 bridgehead atoms. The standard InChI is InChI=1S/C47H70O4/c1-5-8-10-12-14-15-16-17-18-19-21-23-38-49-39(4)40-26-28-41(29-27-40)42-30-32-43(33-31-42)47(48)51-46-36-34-45(35-37-46)50-44(24-7-3)25-22-20-13-11-9-6-2/h26-37,39,44H,5-25,38H2,1-4H3. The topological polar surface area (TPSA) is 44.8 Å². The predicted molar refractivity (Wildman–Crippen MR) is 216 cm³/mol. The zero-order chi connectivity index (χ0) is 36.4. The van der Waals surface area contributed by atoms with Crippen molar-refractivity contribution in [3.05, 3.63) is 83.9 Å². The zero-order valence-corrected chi connectivity index (χ0v) is 32.8. The molecule has 0 saturated heterocycles. The minimum absolute atomic E-state index is 0.0763. The molecule has 282 valence electrons. The molecule has 0 aliphatic carbocycles. The normalized spacial score (nSPS) is 12.5. The molecule has 4 heteroatoms. The van der Waals surface area contributed by atoms with Crippen molar-refractivity contribution in [1.29, 1.82) is 0 Å². The summed E-state index contributed by atoms with van der Waals surface area (Å²) in [6, 6.07) is 23.6. The van der Waals surface area contributed by atoms with E-state index in [1.165, 1.54) is 115 Å². The molecule has 0 amide bonds. The van der Waals surface area contributed by atoms with Gasteiger partial charge in [-0.05, 0) is 85.7 Å². The lowest BCUT2D eigenvalue weighted by atomic mass is 10.0. The number of ether oxygens (including phenoxy) is 3. The van der Waals surface area contributed by atoms with E-state index in [1.807, 2.05) is 48.5 Å². The molecule has 0 aromatic heterocycles. The Bertz CT molecular complexity index is 1280. The molecule has 0 heterocycles. The van der Waals surface area contributed by atoms with Crippen LogP contribution in [0.15, 0.2) is 72.8 Å². The van der Waals surface area contributed by atoms with E-state index in [2.05, 4.69) is 52.0 Å². The monoisotopic (exact) mass is 699 g/mol. The van der Waals surface area contributed by atoms with Crippen molar-refractivity contribution in [1.82, 2.24) is 0 Å². The lowest BCUT2D eigenvalue weighted by Gasteiger charge is -2.19. The first-order valence-electron chi connectivity index (χ1n) is 20.8. The van der Waals surface area contributed by atoms with Crippen LogP contribution >= 0.6 is 0 Å². The van der Waals surface area contributed by atoms with Gasteiger partial charge < -0.3 is 14.2 Å². The molecule has 0 aliphatic heterocycles.